The fourth-order valence-electron chi connectivity index (χ4n) is 2.09. The summed E-state index contributed by atoms with van der Waals surface area (Å²) in [6.07, 6.45) is 2.77. The molecule has 1 heterocycles. The molecule has 2 aliphatic rings. The van der Waals surface area contributed by atoms with Crippen LogP contribution < -0.4 is 5.32 Å². The van der Waals surface area contributed by atoms with E-state index < -0.39 is 11.5 Å². The summed E-state index contributed by atoms with van der Waals surface area (Å²) in [5.41, 5.74) is -0.523. The molecule has 0 aromatic heterocycles. The zero-order valence-corrected chi connectivity index (χ0v) is 5.76. The molecule has 3 heteroatoms. The Morgan fingerprint density at radius 1 is 1.70 bits per heavy atom. The topological polar surface area (TPSA) is 49.3 Å². The van der Waals surface area contributed by atoms with Crippen LogP contribution in [0.3, 0.4) is 0 Å². The van der Waals surface area contributed by atoms with Gasteiger partial charge in [0.2, 0.25) is 0 Å². The molecule has 1 saturated carbocycles. The van der Waals surface area contributed by atoms with Gasteiger partial charge in [0.05, 0.1) is 0 Å². The fourth-order valence-corrected chi connectivity index (χ4v) is 2.09. The molecule has 1 aliphatic carbocycles. The van der Waals surface area contributed by atoms with Crippen LogP contribution in [0.1, 0.15) is 19.3 Å². The summed E-state index contributed by atoms with van der Waals surface area (Å²) in [7, 11) is 0. The Hall–Kier alpha value is -0.570. The summed E-state index contributed by atoms with van der Waals surface area (Å²) in [6, 6.07) is 0. The van der Waals surface area contributed by atoms with Gasteiger partial charge in [0, 0.05) is 0 Å². The third-order valence-electron chi connectivity index (χ3n) is 2.76. The summed E-state index contributed by atoms with van der Waals surface area (Å²) in [5.74, 6) is -0.0244. The molecule has 0 aromatic carbocycles. The first-order chi connectivity index (χ1) is 4.73. The van der Waals surface area contributed by atoms with Crippen LogP contribution in [0.15, 0.2) is 0 Å². The van der Waals surface area contributed by atoms with Crippen LogP contribution in [0.25, 0.3) is 0 Å². The van der Waals surface area contributed by atoms with E-state index in [9.17, 15) is 4.79 Å². The number of rotatable bonds is 1. The number of fused-ring (bicyclic) bond motifs is 2. The van der Waals surface area contributed by atoms with Gasteiger partial charge in [-0.2, -0.15) is 0 Å². The van der Waals surface area contributed by atoms with Gasteiger partial charge >= 0.3 is 5.97 Å². The average molecular weight is 141 g/mol. The quantitative estimate of drug-likeness (QED) is 0.549. The smallest absolute Gasteiger partial charge is 0.323 e. The second kappa shape index (κ2) is 1.72. The van der Waals surface area contributed by atoms with Crippen molar-refractivity contribution in [2.24, 2.45) is 5.92 Å². The van der Waals surface area contributed by atoms with Crippen LogP contribution in [0.2, 0.25) is 0 Å². The molecule has 1 unspecified atom stereocenters. The number of carbonyl (C=O) groups is 1. The fraction of sp³-hybridized carbons (Fsp3) is 0.857. The predicted molar refractivity (Wildman–Crippen MR) is 35.7 cm³/mol. The monoisotopic (exact) mass is 141 g/mol. The van der Waals surface area contributed by atoms with Crippen molar-refractivity contribution in [3.05, 3.63) is 0 Å². The first-order valence-corrected chi connectivity index (χ1v) is 3.71. The molecule has 2 atom stereocenters. The minimum Gasteiger partial charge on any atom is -0.480 e. The van der Waals surface area contributed by atoms with Crippen molar-refractivity contribution >= 4 is 5.97 Å². The van der Waals surface area contributed by atoms with Gasteiger partial charge in [0.25, 0.3) is 0 Å². The van der Waals surface area contributed by atoms with Gasteiger partial charge in [-0.25, -0.2) is 0 Å². The molecule has 0 amide bonds. The third kappa shape index (κ3) is 0.611. The van der Waals surface area contributed by atoms with Crippen molar-refractivity contribution in [1.29, 1.82) is 0 Å². The molecule has 1 aliphatic heterocycles. The number of hydrogen-bond acceptors (Lipinski definition) is 2. The standard InChI is InChI=1S/C7H11NO2/c9-6(10)7-2-1-5(3-7)4-8-7/h5,8H,1-4H2,(H,9,10)/t5?,7-/m1/s1. The van der Waals surface area contributed by atoms with E-state index in [0.29, 0.717) is 5.92 Å². The molecular weight excluding hydrogens is 130 g/mol. The molecule has 0 spiro atoms. The number of nitrogens with one attached hydrogen (secondary N) is 1. The van der Waals surface area contributed by atoms with Gasteiger partial charge in [0.15, 0.2) is 0 Å². The summed E-state index contributed by atoms with van der Waals surface area (Å²) in [5, 5.41) is 11.9. The van der Waals surface area contributed by atoms with Crippen LogP contribution in [0.4, 0.5) is 0 Å². The Bertz CT molecular complexity index is 170. The lowest BCUT2D eigenvalue weighted by molar-refractivity contribution is -0.144. The van der Waals surface area contributed by atoms with Crippen molar-refractivity contribution < 1.29 is 9.90 Å². The normalized spacial score (nSPS) is 44.2. The molecule has 56 valence electrons. The zero-order chi connectivity index (χ0) is 7.19. The van der Waals surface area contributed by atoms with Crippen molar-refractivity contribution in [2.45, 2.75) is 24.8 Å². The first-order valence-electron chi connectivity index (χ1n) is 3.71. The van der Waals surface area contributed by atoms with E-state index in [2.05, 4.69) is 5.32 Å². The highest BCUT2D eigenvalue weighted by atomic mass is 16.4. The average Bonchev–Trinajstić information content (AvgIpc) is 2.45. The number of piperidine rings is 1. The van der Waals surface area contributed by atoms with E-state index >= 15 is 0 Å². The van der Waals surface area contributed by atoms with Crippen LogP contribution in [0, 0.1) is 5.92 Å². The van der Waals surface area contributed by atoms with Crippen LogP contribution in [-0.2, 0) is 4.79 Å². The molecule has 2 N–H and O–H groups in total. The number of carboxylic acid groups (broad SMARTS) is 1. The summed E-state index contributed by atoms with van der Waals surface area (Å²) >= 11 is 0. The highest BCUT2D eigenvalue weighted by molar-refractivity contribution is 5.79. The van der Waals surface area contributed by atoms with E-state index in [1.54, 1.807) is 0 Å². The third-order valence-corrected chi connectivity index (χ3v) is 2.76. The van der Waals surface area contributed by atoms with Gasteiger partial charge in [-0.05, 0) is 31.7 Å². The predicted octanol–water partition coefficient (Wildman–Crippen LogP) is 0.213. The lowest BCUT2D eigenvalue weighted by Crippen LogP contribution is -2.47. The highest BCUT2D eigenvalue weighted by Crippen LogP contribution is 2.39. The van der Waals surface area contributed by atoms with Crippen molar-refractivity contribution in [2.75, 3.05) is 6.54 Å². The molecule has 3 nitrogen and oxygen atoms in total. The maximum atomic E-state index is 10.7. The zero-order valence-electron chi connectivity index (χ0n) is 5.76. The van der Waals surface area contributed by atoms with Crippen molar-refractivity contribution in [1.82, 2.24) is 5.32 Å². The van der Waals surface area contributed by atoms with Crippen molar-refractivity contribution in [3.63, 3.8) is 0 Å². The van der Waals surface area contributed by atoms with Crippen LogP contribution >= 0.6 is 0 Å². The van der Waals surface area contributed by atoms with Gasteiger partial charge < -0.3 is 10.4 Å². The molecule has 2 bridgehead atoms. The lowest BCUT2D eigenvalue weighted by Gasteiger charge is -2.21. The SMILES string of the molecule is O=C(O)[C@]12CCC(CN1)C2. The summed E-state index contributed by atoms with van der Waals surface area (Å²) in [4.78, 5) is 10.7. The largest absolute Gasteiger partial charge is 0.480 e. The number of aliphatic carboxylic acids is 1. The van der Waals surface area contributed by atoms with Crippen LogP contribution in [-0.4, -0.2) is 23.2 Å². The van der Waals surface area contributed by atoms with Gasteiger partial charge in [-0.1, -0.05) is 0 Å². The second-order valence-electron chi connectivity index (χ2n) is 3.38. The van der Waals surface area contributed by atoms with E-state index in [-0.39, 0.29) is 0 Å². The Morgan fingerprint density at radius 2 is 2.50 bits per heavy atom. The number of hydrogen-bond donors (Lipinski definition) is 2. The van der Waals surface area contributed by atoms with Gasteiger partial charge in [-0.3, -0.25) is 4.79 Å². The van der Waals surface area contributed by atoms with Gasteiger partial charge in [-0.15, -0.1) is 0 Å². The van der Waals surface area contributed by atoms with E-state index in [1.165, 1.54) is 0 Å². The molecule has 0 aromatic rings. The highest BCUT2D eigenvalue weighted by Gasteiger charge is 2.50. The first kappa shape index (κ1) is 6.16. The Kier molecular flexibility index (Phi) is 1.06. The molecule has 2 rings (SSSR count). The van der Waals surface area contributed by atoms with E-state index in [1.807, 2.05) is 0 Å². The Balaban J connectivity index is 2.23. The van der Waals surface area contributed by atoms with Gasteiger partial charge in [0.1, 0.15) is 5.54 Å². The maximum Gasteiger partial charge on any atom is 0.323 e. The molecule has 1 saturated heterocycles. The van der Waals surface area contributed by atoms with E-state index in [0.717, 1.165) is 25.8 Å². The molecule has 2 fully saturated rings. The molecule has 10 heavy (non-hydrogen) atoms. The molecular formula is C7H11NO2. The Labute approximate surface area is 59.4 Å². The minimum atomic E-state index is -0.660. The van der Waals surface area contributed by atoms with Crippen molar-refractivity contribution in [3.8, 4) is 0 Å². The maximum absolute atomic E-state index is 10.7. The van der Waals surface area contributed by atoms with E-state index in [4.69, 9.17) is 5.11 Å². The molecule has 0 radical (unpaired) electrons. The summed E-state index contributed by atoms with van der Waals surface area (Å²) in [6.45, 7) is 0.909. The second-order valence-corrected chi connectivity index (χ2v) is 3.38. The minimum absolute atomic E-state index is 0.523. The lowest BCUT2D eigenvalue weighted by atomic mass is 10.0. The van der Waals surface area contributed by atoms with Crippen LogP contribution in [0.5, 0.6) is 0 Å². The Morgan fingerprint density at radius 3 is 2.70 bits per heavy atom. The number of carboxylic acids is 1. The summed E-state index contributed by atoms with van der Waals surface area (Å²) < 4.78 is 0.